The van der Waals surface area contributed by atoms with Crippen LogP contribution in [-0.2, 0) is 19.6 Å². The van der Waals surface area contributed by atoms with Crippen LogP contribution in [0.5, 0.6) is 5.75 Å². The van der Waals surface area contributed by atoms with Crippen molar-refractivity contribution in [3.05, 3.63) is 40.3 Å². The van der Waals surface area contributed by atoms with Crippen LogP contribution in [0.25, 0.3) is 0 Å². The van der Waals surface area contributed by atoms with Gasteiger partial charge in [-0.05, 0) is 56.5 Å². The molecule has 0 aliphatic carbocycles. The summed E-state index contributed by atoms with van der Waals surface area (Å²) in [5.41, 5.74) is 0.701. The first kappa shape index (κ1) is 24.7. The number of nitriles is 1. The number of piperidine rings is 1. The van der Waals surface area contributed by atoms with Crippen LogP contribution in [0, 0.1) is 24.2 Å². The van der Waals surface area contributed by atoms with Gasteiger partial charge in [-0.3, -0.25) is 4.79 Å². The van der Waals surface area contributed by atoms with Crippen molar-refractivity contribution >= 4 is 38.2 Å². The van der Waals surface area contributed by atoms with Gasteiger partial charge in [0.25, 0.3) is 0 Å². The Morgan fingerprint density at radius 3 is 2.42 bits per heavy atom. The fraction of sp³-hybridized carbons (Fsp3) is 0.409. The molecule has 1 aromatic carbocycles. The molecule has 33 heavy (non-hydrogen) atoms. The van der Waals surface area contributed by atoms with E-state index in [0.29, 0.717) is 29.2 Å². The first-order valence-electron chi connectivity index (χ1n) is 10.4. The first-order valence-corrected chi connectivity index (χ1v) is 12.6. The summed E-state index contributed by atoms with van der Waals surface area (Å²) in [4.78, 5) is 25.4. The van der Waals surface area contributed by atoms with Gasteiger partial charge in [-0.25, -0.2) is 13.2 Å². The molecule has 0 spiro atoms. The highest BCUT2D eigenvalue weighted by molar-refractivity contribution is 7.89. The molecule has 2 heterocycles. The normalized spacial score (nSPS) is 15.0. The number of hydrogen-bond acceptors (Lipinski definition) is 8. The highest BCUT2D eigenvalue weighted by Gasteiger charge is 2.33. The Morgan fingerprint density at radius 2 is 1.88 bits per heavy atom. The van der Waals surface area contributed by atoms with Crippen molar-refractivity contribution < 1.29 is 27.5 Å². The third kappa shape index (κ3) is 5.19. The van der Waals surface area contributed by atoms with E-state index in [9.17, 15) is 23.3 Å². The van der Waals surface area contributed by atoms with Crippen LogP contribution in [0.2, 0.25) is 0 Å². The molecule has 0 unspecified atom stereocenters. The van der Waals surface area contributed by atoms with Gasteiger partial charge in [0.1, 0.15) is 21.7 Å². The number of nitrogens with zero attached hydrogens (tertiary/aromatic N) is 2. The van der Waals surface area contributed by atoms with Crippen molar-refractivity contribution in [1.29, 1.82) is 5.26 Å². The van der Waals surface area contributed by atoms with E-state index in [1.165, 1.54) is 23.5 Å². The molecule has 1 fully saturated rings. The molecular weight excluding hydrogens is 466 g/mol. The number of thiophene rings is 1. The van der Waals surface area contributed by atoms with Gasteiger partial charge in [0.2, 0.25) is 15.9 Å². The lowest BCUT2D eigenvalue weighted by Gasteiger charge is -2.30. The zero-order valence-electron chi connectivity index (χ0n) is 18.6. The van der Waals surface area contributed by atoms with Gasteiger partial charge in [-0.2, -0.15) is 9.57 Å². The number of sulfonamides is 1. The average Bonchev–Trinajstić information content (AvgIpc) is 3.14. The number of methoxy groups -OCH3 is 1. The standard InChI is InChI=1S/C22H25N3O6S2/c1-4-31-22(27)19-14(2)18(13-23)21(32-19)24-20(26)15-9-11-25(12-10-15)33(28,29)17-7-5-16(30-3)6-8-17/h5-8,15H,4,9-12H2,1-3H3,(H,24,26). The molecule has 0 atom stereocenters. The number of nitrogens with one attached hydrogen (secondary N) is 1. The molecule has 0 saturated carbocycles. The lowest BCUT2D eigenvalue weighted by atomic mass is 9.97. The van der Waals surface area contributed by atoms with E-state index >= 15 is 0 Å². The van der Waals surface area contributed by atoms with Gasteiger partial charge in [-0.1, -0.05) is 0 Å². The Kier molecular flexibility index (Phi) is 7.73. The van der Waals surface area contributed by atoms with Crippen molar-refractivity contribution in [2.75, 3.05) is 32.1 Å². The molecule has 11 heteroatoms. The smallest absolute Gasteiger partial charge is 0.348 e. The van der Waals surface area contributed by atoms with Crippen LogP contribution in [0.3, 0.4) is 0 Å². The largest absolute Gasteiger partial charge is 0.497 e. The van der Waals surface area contributed by atoms with Gasteiger partial charge in [0.15, 0.2) is 0 Å². The SMILES string of the molecule is CCOC(=O)c1sc(NC(=O)C2CCN(S(=O)(=O)c3ccc(OC)cc3)CC2)c(C#N)c1C. The maximum atomic E-state index is 12.9. The maximum Gasteiger partial charge on any atom is 0.348 e. The topological polar surface area (TPSA) is 126 Å². The highest BCUT2D eigenvalue weighted by atomic mass is 32.2. The van der Waals surface area contributed by atoms with Crippen LogP contribution in [0.4, 0.5) is 5.00 Å². The van der Waals surface area contributed by atoms with Crippen LogP contribution < -0.4 is 10.1 Å². The zero-order chi connectivity index (χ0) is 24.2. The van der Waals surface area contributed by atoms with Crippen molar-refractivity contribution in [2.24, 2.45) is 5.92 Å². The van der Waals surface area contributed by atoms with E-state index in [1.807, 2.05) is 6.07 Å². The zero-order valence-corrected chi connectivity index (χ0v) is 20.2. The van der Waals surface area contributed by atoms with Gasteiger partial charge < -0.3 is 14.8 Å². The van der Waals surface area contributed by atoms with Crippen molar-refractivity contribution in [1.82, 2.24) is 4.31 Å². The van der Waals surface area contributed by atoms with E-state index in [1.54, 1.807) is 26.0 Å². The number of amides is 1. The number of hydrogen-bond donors (Lipinski definition) is 1. The van der Waals surface area contributed by atoms with E-state index in [0.717, 1.165) is 11.3 Å². The molecule has 0 bridgehead atoms. The average molecular weight is 492 g/mol. The summed E-state index contributed by atoms with van der Waals surface area (Å²) in [7, 11) is -2.16. The lowest BCUT2D eigenvalue weighted by molar-refractivity contribution is -0.120. The minimum atomic E-state index is -3.67. The Hall–Kier alpha value is -2.94. The fourth-order valence-corrected chi connectivity index (χ4v) is 6.12. The second kappa shape index (κ2) is 10.3. The summed E-state index contributed by atoms with van der Waals surface area (Å²) in [6.07, 6.45) is 0.691. The second-order valence-electron chi connectivity index (χ2n) is 7.44. The summed E-state index contributed by atoms with van der Waals surface area (Å²) in [6, 6.07) is 8.21. The predicted octanol–water partition coefficient (Wildman–Crippen LogP) is 3.15. The van der Waals surface area contributed by atoms with E-state index in [2.05, 4.69) is 5.32 Å². The van der Waals surface area contributed by atoms with Gasteiger partial charge >= 0.3 is 5.97 Å². The molecule has 2 aromatic rings. The number of ether oxygens (including phenoxy) is 2. The van der Waals surface area contributed by atoms with E-state index in [-0.39, 0.29) is 40.9 Å². The number of benzene rings is 1. The lowest BCUT2D eigenvalue weighted by Crippen LogP contribution is -2.41. The number of anilines is 1. The minimum Gasteiger partial charge on any atom is -0.497 e. The van der Waals surface area contributed by atoms with Crippen molar-refractivity contribution in [3.63, 3.8) is 0 Å². The molecule has 1 N–H and O–H groups in total. The summed E-state index contributed by atoms with van der Waals surface area (Å²) < 4.78 is 37.3. The molecule has 0 radical (unpaired) electrons. The number of carbonyl (C=O) groups excluding carboxylic acids is 2. The predicted molar refractivity (Wildman–Crippen MR) is 123 cm³/mol. The monoisotopic (exact) mass is 491 g/mol. The van der Waals surface area contributed by atoms with Crippen LogP contribution in [0.15, 0.2) is 29.2 Å². The molecular formula is C22H25N3O6S2. The Bertz CT molecular complexity index is 1170. The Morgan fingerprint density at radius 1 is 1.24 bits per heavy atom. The molecule has 1 saturated heterocycles. The molecule has 1 aliphatic rings. The van der Waals surface area contributed by atoms with Crippen molar-refractivity contribution in [3.8, 4) is 11.8 Å². The third-order valence-electron chi connectivity index (χ3n) is 5.48. The minimum absolute atomic E-state index is 0.172. The maximum absolute atomic E-state index is 12.9. The van der Waals surface area contributed by atoms with Gasteiger partial charge in [-0.15, -0.1) is 11.3 Å². The number of rotatable bonds is 7. The Labute approximate surface area is 197 Å². The van der Waals surface area contributed by atoms with E-state index < -0.39 is 21.9 Å². The second-order valence-corrected chi connectivity index (χ2v) is 10.4. The third-order valence-corrected chi connectivity index (χ3v) is 8.58. The quantitative estimate of drug-likeness (QED) is 0.590. The summed E-state index contributed by atoms with van der Waals surface area (Å²) in [5, 5.41) is 12.5. The highest BCUT2D eigenvalue weighted by Crippen LogP contribution is 2.34. The number of esters is 1. The number of carbonyl (C=O) groups is 2. The molecule has 1 aromatic heterocycles. The molecule has 3 rings (SSSR count). The summed E-state index contributed by atoms with van der Waals surface area (Å²) in [5.74, 6) is -0.679. The molecule has 1 aliphatic heterocycles. The van der Waals surface area contributed by atoms with Crippen molar-refractivity contribution in [2.45, 2.75) is 31.6 Å². The van der Waals surface area contributed by atoms with E-state index in [4.69, 9.17) is 9.47 Å². The summed E-state index contributed by atoms with van der Waals surface area (Å²) >= 11 is 1.01. The Balaban J connectivity index is 1.67. The van der Waals surface area contributed by atoms with Crippen LogP contribution in [0.1, 0.15) is 40.6 Å². The molecule has 9 nitrogen and oxygen atoms in total. The van der Waals surface area contributed by atoms with Crippen LogP contribution >= 0.6 is 11.3 Å². The van der Waals surface area contributed by atoms with Crippen LogP contribution in [-0.4, -0.2) is 51.4 Å². The first-order chi connectivity index (χ1) is 15.7. The fourth-order valence-electron chi connectivity index (χ4n) is 3.60. The molecule has 1 amide bonds. The van der Waals surface area contributed by atoms with Gasteiger partial charge in [0, 0.05) is 19.0 Å². The van der Waals surface area contributed by atoms with Gasteiger partial charge in [0.05, 0.1) is 24.2 Å². The molecule has 176 valence electrons. The summed E-state index contributed by atoms with van der Waals surface area (Å²) in [6.45, 7) is 3.94.